The van der Waals surface area contributed by atoms with Crippen LogP contribution in [0.1, 0.15) is 20.7 Å². The molecule has 3 aromatic rings. The van der Waals surface area contributed by atoms with Gasteiger partial charge in [0.25, 0.3) is 23.2 Å². The highest BCUT2D eigenvalue weighted by Gasteiger charge is 2.36. The van der Waals surface area contributed by atoms with Crippen LogP contribution in [-0.2, 0) is 0 Å². The number of hydrogen-bond acceptors (Lipinski definition) is 6. The van der Waals surface area contributed by atoms with Gasteiger partial charge in [-0.3, -0.25) is 29.8 Å². The molecular weight excluding hydrogens is 520 g/mol. The third-order valence-electron chi connectivity index (χ3n) is 4.34. The minimum absolute atomic E-state index is 0.0321. The number of carbonyl (C=O) groups is 2. The first-order valence-corrected chi connectivity index (χ1v) is 10.2. The molecule has 0 unspecified atom stereocenters. The number of halogens is 4. The Morgan fingerprint density at radius 2 is 1.09 bits per heavy atom. The van der Waals surface area contributed by atoms with Crippen LogP contribution in [-0.4, -0.2) is 21.7 Å². The Labute approximate surface area is 205 Å². The molecule has 0 spiro atoms. The minimum Gasteiger partial charge on any atom is -0.268 e. The van der Waals surface area contributed by atoms with Gasteiger partial charge in [-0.05, 0) is 36.4 Å². The Kier molecular flexibility index (Phi) is 7.19. The van der Waals surface area contributed by atoms with Crippen molar-refractivity contribution >= 4 is 75.3 Å². The van der Waals surface area contributed by atoms with E-state index in [1.54, 1.807) is 0 Å². The van der Waals surface area contributed by atoms with Crippen molar-refractivity contribution in [1.82, 2.24) is 0 Å². The number of nitrogens with zero attached hydrogens (tertiary/aromatic N) is 3. The number of amides is 2. The van der Waals surface area contributed by atoms with E-state index in [4.69, 9.17) is 46.4 Å². The average Bonchev–Trinajstić information content (AvgIpc) is 2.75. The van der Waals surface area contributed by atoms with E-state index in [1.165, 1.54) is 30.3 Å². The summed E-state index contributed by atoms with van der Waals surface area (Å²) in [6.45, 7) is 0. The topological polar surface area (TPSA) is 124 Å². The second-order valence-electron chi connectivity index (χ2n) is 6.35. The third kappa shape index (κ3) is 4.91. The number of nitro benzene ring substituents is 2. The molecule has 0 aliphatic heterocycles. The molecule has 33 heavy (non-hydrogen) atoms. The zero-order valence-electron chi connectivity index (χ0n) is 16.0. The molecule has 0 atom stereocenters. The van der Waals surface area contributed by atoms with Gasteiger partial charge in [-0.2, -0.15) is 0 Å². The third-order valence-corrected chi connectivity index (χ3v) is 5.42. The second kappa shape index (κ2) is 9.72. The van der Waals surface area contributed by atoms with Gasteiger partial charge in [-0.15, -0.1) is 0 Å². The van der Waals surface area contributed by atoms with E-state index in [9.17, 15) is 29.8 Å². The Morgan fingerprint density at radius 1 is 0.697 bits per heavy atom. The monoisotopic (exact) mass is 527 g/mol. The standard InChI is InChI=1S/C20H9Cl4N3O6/c21-10-4-6-16(26(30)31)12(8-10)19(28)25(18-14(23)2-1-3-15(18)24)20(29)13-9-11(22)5-7-17(13)27(32)33/h1-9H. The van der Waals surface area contributed by atoms with E-state index >= 15 is 0 Å². The van der Waals surface area contributed by atoms with Crippen molar-refractivity contribution in [2.24, 2.45) is 0 Å². The largest absolute Gasteiger partial charge is 0.282 e. The molecule has 0 N–H and O–H groups in total. The molecule has 3 rings (SSSR count). The predicted molar refractivity (Wildman–Crippen MR) is 124 cm³/mol. The van der Waals surface area contributed by atoms with E-state index in [-0.39, 0.29) is 25.8 Å². The van der Waals surface area contributed by atoms with Gasteiger partial charge in [-0.1, -0.05) is 52.5 Å². The number of nitro groups is 2. The van der Waals surface area contributed by atoms with Crippen LogP contribution in [0.25, 0.3) is 0 Å². The van der Waals surface area contributed by atoms with Gasteiger partial charge in [-0.25, -0.2) is 4.90 Å². The Morgan fingerprint density at radius 3 is 1.45 bits per heavy atom. The molecule has 0 bridgehead atoms. The molecule has 0 aliphatic rings. The van der Waals surface area contributed by atoms with Gasteiger partial charge in [0, 0.05) is 22.2 Å². The summed E-state index contributed by atoms with van der Waals surface area (Å²) in [5.74, 6) is -2.48. The number of anilines is 1. The van der Waals surface area contributed by atoms with Crippen LogP contribution >= 0.6 is 46.4 Å². The molecule has 168 valence electrons. The lowest BCUT2D eigenvalue weighted by Gasteiger charge is -2.23. The van der Waals surface area contributed by atoms with E-state index in [0.717, 1.165) is 24.3 Å². The molecule has 9 nitrogen and oxygen atoms in total. The van der Waals surface area contributed by atoms with Crippen molar-refractivity contribution in [3.63, 3.8) is 0 Å². The Hall–Kier alpha value is -3.24. The van der Waals surface area contributed by atoms with Gasteiger partial charge < -0.3 is 0 Å². The number of imide groups is 1. The highest BCUT2D eigenvalue weighted by atomic mass is 35.5. The number of hydrogen-bond donors (Lipinski definition) is 0. The highest BCUT2D eigenvalue weighted by molar-refractivity contribution is 6.43. The van der Waals surface area contributed by atoms with Crippen LogP contribution in [0.3, 0.4) is 0 Å². The minimum atomic E-state index is -1.24. The molecule has 2 amide bonds. The molecule has 13 heteroatoms. The SMILES string of the molecule is O=C(c1cc(Cl)ccc1[N+](=O)[O-])N(C(=O)c1cc(Cl)ccc1[N+](=O)[O-])c1c(Cl)cccc1Cl. The maximum atomic E-state index is 13.5. The summed E-state index contributed by atoms with van der Waals surface area (Å²) in [6, 6.07) is 10.4. The lowest BCUT2D eigenvalue weighted by molar-refractivity contribution is -0.385. The molecule has 0 saturated carbocycles. The van der Waals surface area contributed by atoms with Gasteiger partial charge in [0.1, 0.15) is 11.1 Å². The van der Waals surface area contributed by atoms with Gasteiger partial charge >= 0.3 is 0 Å². The summed E-state index contributed by atoms with van der Waals surface area (Å²) >= 11 is 24.3. The van der Waals surface area contributed by atoms with E-state index < -0.39 is 44.2 Å². The van der Waals surface area contributed by atoms with Crippen molar-refractivity contribution in [2.45, 2.75) is 0 Å². The summed E-state index contributed by atoms with van der Waals surface area (Å²) in [6.07, 6.45) is 0. The van der Waals surface area contributed by atoms with E-state index in [0.29, 0.717) is 4.90 Å². The summed E-state index contributed by atoms with van der Waals surface area (Å²) in [5.41, 5.74) is -2.79. The summed E-state index contributed by atoms with van der Waals surface area (Å²) in [4.78, 5) is 48.8. The average molecular weight is 529 g/mol. The fourth-order valence-electron chi connectivity index (χ4n) is 2.92. The van der Waals surface area contributed by atoms with Crippen molar-refractivity contribution in [1.29, 1.82) is 0 Å². The first kappa shape index (κ1) is 24.4. The van der Waals surface area contributed by atoms with Gasteiger partial charge in [0.2, 0.25) is 0 Å². The number of para-hydroxylation sites is 1. The van der Waals surface area contributed by atoms with Gasteiger partial charge in [0.05, 0.1) is 25.6 Å². The smallest absolute Gasteiger partial charge is 0.268 e. The Bertz CT molecular complexity index is 1240. The molecule has 3 aromatic carbocycles. The summed E-state index contributed by atoms with van der Waals surface area (Å²) in [5, 5.41) is 22.6. The van der Waals surface area contributed by atoms with Crippen LogP contribution in [0.15, 0.2) is 54.6 Å². The fourth-order valence-corrected chi connectivity index (χ4v) is 3.83. The maximum Gasteiger partial charge on any atom is 0.282 e. The molecule has 0 heterocycles. The van der Waals surface area contributed by atoms with Crippen LogP contribution in [0.2, 0.25) is 20.1 Å². The Balaban J connectivity index is 2.33. The normalized spacial score (nSPS) is 10.5. The van der Waals surface area contributed by atoms with Crippen LogP contribution in [0.5, 0.6) is 0 Å². The molecule has 0 fully saturated rings. The second-order valence-corrected chi connectivity index (χ2v) is 8.04. The predicted octanol–water partition coefficient (Wildman–Crippen LogP) is 6.60. The zero-order chi connectivity index (χ0) is 24.4. The fraction of sp³-hybridized carbons (Fsp3) is 0. The molecule has 0 aromatic heterocycles. The number of carbonyl (C=O) groups excluding carboxylic acids is 2. The lowest BCUT2D eigenvalue weighted by atomic mass is 10.1. The van der Waals surface area contributed by atoms with Crippen molar-refractivity contribution in [2.75, 3.05) is 4.90 Å². The molecular formula is C20H9Cl4N3O6. The first-order valence-electron chi connectivity index (χ1n) is 8.73. The van der Waals surface area contributed by atoms with Crippen LogP contribution in [0.4, 0.5) is 17.1 Å². The molecule has 0 saturated heterocycles. The molecule has 0 aliphatic carbocycles. The highest BCUT2D eigenvalue weighted by Crippen LogP contribution is 2.38. The first-order chi connectivity index (χ1) is 15.5. The number of rotatable bonds is 5. The van der Waals surface area contributed by atoms with Gasteiger partial charge in [0.15, 0.2) is 0 Å². The summed E-state index contributed by atoms with van der Waals surface area (Å²) in [7, 11) is 0. The van der Waals surface area contributed by atoms with Crippen molar-refractivity contribution < 1.29 is 19.4 Å². The van der Waals surface area contributed by atoms with Crippen molar-refractivity contribution in [3.8, 4) is 0 Å². The lowest BCUT2D eigenvalue weighted by Crippen LogP contribution is -2.38. The number of benzene rings is 3. The van der Waals surface area contributed by atoms with Crippen LogP contribution < -0.4 is 4.90 Å². The zero-order valence-corrected chi connectivity index (χ0v) is 19.0. The van der Waals surface area contributed by atoms with Crippen molar-refractivity contribution in [3.05, 3.63) is 106 Å². The van der Waals surface area contributed by atoms with Crippen LogP contribution in [0, 0.1) is 20.2 Å². The summed E-state index contributed by atoms with van der Waals surface area (Å²) < 4.78 is 0. The maximum absolute atomic E-state index is 13.5. The molecule has 0 radical (unpaired) electrons. The quantitative estimate of drug-likeness (QED) is 0.208. The van der Waals surface area contributed by atoms with E-state index in [1.807, 2.05) is 0 Å². The van der Waals surface area contributed by atoms with E-state index in [2.05, 4.69) is 0 Å².